The lowest BCUT2D eigenvalue weighted by molar-refractivity contribution is -0.135. The molecule has 4 rings (SSSR count). The number of nitrogens with zero attached hydrogens (tertiary/aromatic N) is 1. The van der Waals surface area contributed by atoms with Crippen molar-refractivity contribution in [2.45, 2.75) is 43.7 Å². The summed E-state index contributed by atoms with van der Waals surface area (Å²) in [5.74, 6) is -0.549. The first-order chi connectivity index (χ1) is 10.6. The summed E-state index contributed by atoms with van der Waals surface area (Å²) in [6.07, 6.45) is 4.37. The smallest absolute Gasteiger partial charge is 0.325 e. The van der Waals surface area contributed by atoms with Crippen LogP contribution in [0.1, 0.15) is 36.1 Å². The molecule has 2 fully saturated rings. The third-order valence-corrected chi connectivity index (χ3v) is 5.56. The van der Waals surface area contributed by atoms with Crippen LogP contribution in [-0.2, 0) is 21.5 Å². The SMILES string of the molecule is O=C(CN1C(=O)N[C@]2(CCCc3sccc32)C1=O)NC1CC1. The highest BCUT2D eigenvalue weighted by Crippen LogP contribution is 2.42. The van der Waals surface area contributed by atoms with E-state index in [0.717, 1.165) is 41.0 Å². The summed E-state index contributed by atoms with van der Waals surface area (Å²) in [5.41, 5.74) is -0.0444. The maximum absolute atomic E-state index is 12.9. The predicted molar refractivity (Wildman–Crippen MR) is 80.3 cm³/mol. The quantitative estimate of drug-likeness (QED) is 0.819. The molecule has 1 aromatic rings. The zero-order chi connectivity index (χ0) is 15.3. The van der Waals surface area contributed by atoms with Crippen molar-refractivity contribution in [3.63, 3.8) is 0 Å². The number of carbonyl (C=O) groups excluding carboxylic acids is 3. The third-order valence-electron chi connectivity index (χ3n) is 4.58. The van der Waals surface area contributed by atoms with Gasteiger partial charge in [-0.05, 0) is 43.6 Å². The average Bonchev–Trinajstić information content (AvgIpc) is 3.10. The van der Waals surface area contributed by atoms with Gasteiger partial charge in [0.15, 0.2) is 0 Å². The molecule has 6 nitrogen and oxygen atoms in total. The number of hydrogen-bond donors (Lipinski definition) is 2. The van der Waals surface area contributed by atoms with Crippen LogP contribution in [0.5, 0.6) is 0 Å². The molecular formula is C15H17N3O3S. The highest BCUT2D eigenvalue weighted by atomic mass is 32.1. The number of carbonyl (C=O) groups is 3. The van der Waals surface area contributed by atoms with Crippen LogP contribution in [0.3, 0.4) is 0 Å². The number of imide groups is 1. The van der Waals surface area contributed by atoms with Gasteiger partial charge in [-0.25, -0.2) is 4.79 Å². The van der Waals surface area contributed by atoms with Crippen LogP contribution < -0.4 is 10.6 Å². The second kappa shape index (κ2) is 4.81. The van der Waals surface area contributed by atoms with Crippen molar-refractivity contribution in [2.24, 2.45) is 0 Å². The number of fused-ring (bicyclic) bond motifs is 2. The van der Waals surface area contributed by atoms with E-state index in [1.165, 1.54) is 0 Å². The lowest BCUT2D eigenvalue weighted by atomic mass is 9.80. The van der Waals surface area contributed by atoms with E-state index in [-0.39, 0.29) is 24.4 Å². The number of thiophene rings is 1. The molecule has 7 heteroatoms. The number of aryl methyl sites for hydroxylation is 1. The Morgan fingerprint density at radius 3 is 3.05 bits per heavy atom. The monoisotopic (exact) mass is 319 g/mol. The first-order valence-corrected chi connectivity index (χ1v) is 8.48. The van der Waals surface area contributed by atoms with Gasteiger partial charge in [0.25, 0.3) is 5.91 Å². The molecule has 3 aliphatic rings. The molecule has 0 unspecified atom stereocenters. The number of rotatable bonds is 3. The van der Waals surface area contributed by atoms with Crippen LogP contribution in [0.2, 0.25) is 0 Å². The summed E-state index contributed by atoms with van der Waals surface area (Å²) in [5, 5.41) is 7.62. The minimum atomic E-state index is -0.954. The minimum absolute atomic E-state index is 0.192. The standard InChI is InChI=1S/C15H17N3O3S/c19-12(16-9-3-4-9)8-18-13(20)15(17-14(18)21)6-1-2-11-10(15)5-7-22-11/h5,7,9H,1-4,6,8H2,(H,16,19)(H,17,21)/t15-/m0/s1. The van der Waals surface area contributed by atoms with Crippen LogP contribution in [-0.4, -0.2) is 35.3 Å². The molecule has 2 aliphatic carbocycles. The summed E-state index contributed by atoms with van der Waals surface area (Å²) >= 11 is 1.62. The maximum Gasteiger partial charge on any atom is 0.325 e. The van der Waals surface area contributed by atoms with E-state index in [4.69, 9.17) is 0 Å². The molecule has 0 radical (unpaired) electrons. The van der Waals surface area contributed by atoms with Crippen molar-refractivity contribution in [1.29, 1.82) is 0 Å². The number of amides is 4. The predicted octanol–water partition coefficient (Wildman–Crippen LogP) is 1.11. The Morgan fingerprint density at radius 1 is 1.45 bits per heavy atom. The van der Waals surface area contributed by atoms with Gasteiger partial charge < -0.3 is 10.6 Å². The number of urea groups is 1. The van der Waals surface area contributed by atoms with Crippen LogP contribution in [0.4, 0.5) is 4.79 Å². The second-order valence-electron chi connectivity index (χ2n) is 6.18. The number of hydrogen-bond acceptors (Lipinski definition) is 4. The zero-order valence-electron chi connectivity index (χ0n) is 12.1. The van der Waals surface area contributed by atoms with Crippen LogP contribution >= 0.6 is 11.3 Å². The van der Waals surface area contributed by atoms with E-state index in [0.29, 0.717) is 6.42 Å². The summed E-state index contributed by atoms with van der Waals surface area (Å²) in [6, 6.07) is 1.68. The molecule has 0 aromatic carbocycles. The molecule has 1 saturated carbocycles. The van der Waals surface area contributed by atoms with E-state index in [1.807, 2.05) is 11.4 Å². The van der Waals surface area contributed by atoms with Gasteiger partial charge in [0.2, 0.25) is 5.91 Å². The molecule has 2 N–H and O–H groups in total. The Hall–Kier alpha value is -1.89. The van der Waals surface area contributed by atoms with Gasteiger partial charge in [0.05, 0.1) is 0 Å². The zero-order valence-corrected chi connectivity index (χ0v) is 12.9. The van der Waals surface area contributed by atoms with Gasteiger partial charge in [-0.2, -0.15) is 0 Å². The van der Waals surface area contributed by atoms with Crippen LogP contribution in [0.15, 0.2) is 11.4 Å². The minimum Gasteiger partial charge on any atom is -0.352 e. The molecule has 22 heavy (non-hydrogen) atoms. The van der Waals surface area contributed by atoms with Gasteiger partial charge in [0.1, 0.15) is 12.1 Å². The summed E-state index contributed by atoms with van der Waals surface area (Å²) in [6.45, 7) is -0.192. The van der Waals surface area contributed by atoms with E-state index in [1.54, 1.807) is 11.3 Å². The first-order valence-electron chi connectivity index (χ1n) is 7.60. The Bertz CT molecular complexity index is 667. The fraction of sp³-hybridized carbons (Fsp3) is 0.533. The molecule has 2 heterocycles. The maximum atomic E-state index is 12.9. The topological polar surface area (TPSA) is 78.5 Å². The molecule has 1 saturated heterocycles. The normalized spacial score (nSPS) is 27.0. The molecule has 1 atom stereocenters. The van der Waals surface area contributed by atoms with Gasteiger partial charge in [0, 0.05) is 16.5 Å². The van der Waals surface area contributed by atoms with Crippen LogP contribution in [0, 0.1) is 0 Å². The van der Waals surface area contributed by atoms with Crippen LogP contribution in [0.25, 0.3) is 0 Å². The molecule has 116 valence electrons. The summed E-state index contributed by atoms with van der Waals surface area (Å²) in [7, 11) is 0. The van der Waals surface area contributed by atoms with E-state index in [2.05, 4.69) is 10.6 Å². The van der Waals surface area contributed by atoms with E-state index >= 15 is 0 Å². The van der Waals surface area contributed by atoms with E-state index in [9.17, 15) is 14.4 Å². The molecule has 1 spiro atoms. The highest BCUT2D eigenvalue weighted by molar-refractivity contribution is 7.10. The molecule has 1 aliphatic heterocycles. The fourth-order valence-electron chi connectivity index (χ4n) is 3.33. The van der Waals surface area contributed by atoms with Crippen molar-refractivity contribution in [3.05, 3.63) is 21.9 Å². The average molecular weight is 319 g/mol. The van der Waals surface area contributed by atoms with Gasteiger partial charge in [-0.1, -0.05) is 0 Å². The van der Waals surface area contributed by atoms with Crippen molar-refractivity contribution < 1.29 is 14.4 Å². The van der Waals surface area contributed by atoms with E-state index < -0.39 is 11.6 Å². The first kappa shape index (κ1) is 13.8. The molecule has 1 aromatic heterocycles. The van der Waals surface area contributed by atoms with Gasteiger partial charge in [-0.3, -0.25) is 14.5 Å². The van der Waals surface area contributed by atoms with Crippen molar-refractivity contribution in [1.82, 2.24) is 15.5 Å². The number of nitrogens with one attached hydrogen (secondary N) is 2. The van der Waals surface area contributed by atoms with Gasteiger partial charge >= 0.3 is 6.03 Å². The largest absolute Gasteiger partial charge is 0.352 e. The highest BCUT2D eigenvalue weighted by Gasteiger charge is 2.54. The Kier molecular flexibility index (Phi) is 3.00. The van der Waals surface area contributed by atoms with Crippen molar-refractivity contribution >= 4 is 29.2 Å². The lowest BCUT2D eigenvalue weighted by Crippen LogP contribution is -2.47. The molecule has 0 bridgehead atoms. The van der Waals surface area contributed by atoms with Gasteiger partial charge in [-0.15, -0.1) is 11.3 Å². The lowest BCUT2D eigenvalue weighted by Gasteiger charge is -2.31. The van der Waals surface area contributed by atoms with Crippen molar-refractivity contribution in [3.8, 4) is 0 Å². The molecular weight excluding hydrogens is 302 g/mol. The Balaban J connectivity index is 1.58. The fourth-order valence-corrected chi connectivity index (χ4v) is 4.33. The van der Waals surface area contributed by atoms with Crippen molar-refractivity contribution in [2.75, 3.05) is 6.54 Å². The Labute approximate surface area is 131 Å². The summed E-state index contributed by atoms with van der Waals surface area (Å²) in [4.78, 5) is 39.2. The second-order valence-corrected chi connectivity index (χ2v) is 7.18. The summed E-state index contributed by atoms with van der Waals surface area (Å²) < 4.78 is 0. The third kappa shape index (κ3) is 2.03. The molecule has 4 amide bonds. The Morgan fingerprint density at radius 2 is 2.27 bits per heavy atom.